The van der Waals surface area contributed by atoms with Crippen molar-refractivity contribution in [2.75, 3.05) is 20.2 Å². The fourth-order valence-electron chi connectivity index (χ4n) is 3.52. The average molecular weight is 475 g/mol. The Morgan fingerprint density at radius 3 is 2.06 bits per heavy atom. The van der Waals surface area contributed by atoms with Gasteiger partial charge >= 0.3 is 5.97 Å². The van der Waals surface area contributed by atoms with Gasteiger partial charge in [-0.2, -0.15) is 0 Å². The first-order valence-electron chi connectivity index (χ1n) is 12.2. The van der Waals surface area contributed by atoms with Gasteiger partial charge in [-0.15, -0.1) is 0 Å². The summed E-state index contributed by atoms with van der Waals surface area (Å²) in [7, 11) is 1.65. The lowest BCUT2D eigenvalue weighted by atomic mass is 9.71. The van der Waals surface area contributed by atoms with E-state index in [1.807, 2.05) is 44.2 Å². The van der Waals surface area contributed by atoms with E-state index >= 15 is 0 Å². The van der Waals surface area contributed by atoms with Gasteiger partial charge in [0.2, 0.25) is 11.8 Å². The van der Waals surface area contributed by atoms with Crippen molar-refractivity contribution < 1.29 is 19.1 Å². The Hall–Kier alpha value is -2.63. The minimum atomic E-state index is -0.396. The molecule has 0 spiro atoms. The molecule has 0 unspecified atom stereocenters. The van der Waals surface area contributed by atoms with Crippen LogP contribution in [0.3, 0.4) is 0 Å². The van der Waals surface area contributed by atoms with Crippen LogP contribution in [0.5, 0.6) is 0 Å². The number of benzene rings is 1. The topological polar surface area (TPSA) is 75.7 Å². The highest BCUT2D eigenvalue weighted by atomic mass is 16.5. The van der Waals surface area contributed by atoms with Gasteiger partial charge in [-0.1, -0.05) is 78.0 Å². The van der Waals surface area contributed by atoms with E-state index in [1.54, 1.807) is 27.0 Å². The van der Waals surface area contributed by atoms with Crippen molar-refractivity contribution in [3.63, 3.8) is 0 Å². The first kappa shape index (κ1) is 31.4. The van der Waals surface area contributed by atoms with Gasteiger partial charge in [0.15, 0.2) is 0 Å². The van der Waals surface area contributed by atoms with E-state index < -0.39 is 5.97 Å². The molecular formula is C28H46N2O4. The molecule has 0 saturated carbocycles. The Kier molecular flexibility index (Phi) is 14.1. The van der Waals surface area contributed by atoms with Gasteiger partial charge in [-0.05, 0) is 38.7 Å². The third-order valence-corrected chi connectivity index (χ3v) is 5.62. The quantitative estimate of drug-likeness (QED) is 0.377. The van der Waals surface area contributed by atoms with Crippen LogP contribution < -0.4 is 5.32 Å². The molecule has 0 heterocycles. The Bertz CT molecular complexity index is 797. The molecule has 0 saturated heterocycles. The van der Waals surface area contributed by atoms with Crippen LogP contribution in [0.25, 0.3) is 0 Å². The van der Waals surface area contributed by atoms with Gasteiger partial charge < -0.3 is 15.0 Å². The third-order valence-electron chi connectivity index (χ3n) is 5.62. The molecule has 0 radical (unpaired) electrons. The molecule has 0 aliphatic rings. The summed E-state index contributed by atoms with van der Waals surface area (Å²) >= 11 is 0. The lowest BCUT2D eigenvalue weighted by molar-refractivity contribution is -0.138. The largest absolute Gasteiger partial charge is 0.463 e. The normalized spacial score (nSPS) is 13.3. The van der Waals surface area contributed by atoms with Gasteiger partial charge in [-0.3, -0.25) is 9.59 Å². The van der Waals surface area contributed by atoms with Crippen LogP contribution >= 0.6 is 0 Å². The standard InChI is InChI=1S/C24H36N2O4.C4H10/c1-8-20(24(5,6)19-13-11-10-12-14-19)22(28)25-16-21(27)26(7)18(4)15-17(3)23(29)30-9-2;1-4(2)3/h10-15,18,20H,8-9,16H2,1-7H3,(H,25,28);4H,1-3H3/b17-15+;/t18-,20+;/m0./s1. The van der Waals surface area contributed by atoms with Gasteiger partial charge in [-0.25, -0.2) is 4.79 Å². The van der Waals surface area contributed by atoms with Crippen molar-refractivity contribution in [3.8, 4) is 0 Å². The van der Waals surface area contributed by atoms with Crippen LogP contribution in [0.4, 0.5) is 0 Å². The zero-order chi connectivity index (χ0) is 26.5. The van der Waals surface area contributed by atoms with E-state index in [2.05, 4.69) is 39.9 Å². The highest BCUT2D eigenvalue weighted by Crippen LogP contribution is 2.33. The number of hydrogen-bond donors (Lipinski definition) is 1. The summed E-state index contributed by atoms with van der Waals surface area (Å²) in [5, 5.41) is 2.80. The maximum Gasteiger partial charge on any atom is 0.333 e. The summed E-state index contributed by atoms with van der Waals surface area (Å²) in [6, 6.07) is 9.63. The van der Waals surface area contributed by atoms with E-state index in [1.165, 1.54) is 4.90 Å². The fraction of sp³-hybridized carbons (Fsp3) is 0.607. The molecule has 6 heteroatoms. The zero-order valence-corrected chi connectivity index (χ0v) is 22.9. The Balaban J connectivity index is 0.00000251. The maximum atomic E-state index is 12.9. The Morgan fingerprint density at radius 2 is 1.59 bits per heavy atom. The maximum absolute atomic E-state index is 12.9. The molecule has 0 bridgehead atoms. The van der Waals surface area contributed by atoms with E-state index in [-0.39, 0.29) is 35.7 Å². The van der Waals surface area contributed by atoms with Crippen molar-refractivity contribution in [1.29, 1.82) is 0 Å². The van der Waals surface area contributed by atoms with Crippen molar-refractivity contribution in [2.45, 2.75) is 80.2 Å². The summed E-state index contributed by atoms with van der Waals surface area (Å²) in [5.41, 5.74) is 1.18. The molecule has 1 aromatic carbocycles. The van der Waals surface area contributed by atoms with Crippen molar-refractivity contribution in [3.05, 3.63) is 47.5 Å². The molecule has 0 aliphatic heterocycles. The second-order valence-electron chi connectivity index (χ2n) is 9.81. The molecule has 2 atom stereocenters. The predicted molar refractivity (Wildman–Crippen MR) is 139 cm³/mol. The molecule has 0 fully saturated rings. The molecule has 6 nitrogen and oxygen atoms in total. The smallest absolute Gasteiger partial charge is 0.333 e. The number of esters is 1. The molecule has 34 heavy (non-hydrogen) atoms. The van der Waals surface area contributed by atoms with Crippen LogP contribution in [0.15, 0.2) is 42.0 Å². The SMILES string of the molecule is CC(C)C.CCOC(=O)/C(C)=C/[C@H](C)N(C)C(=O)CNC(=O)[C@@H](CC)C(C)(C)c1ccccc1. The lowest BCUT2D eigenvalue weighted by Crippen LogP contribution is -2.46. The van der Waals surface area contributed by atoms with Crippen molar-refractivity contribution in [1.82, 2.24) is 10.2 Å². The Labute approximate surface area is 207 Å². The molecule has 0 aliphatic carbocycles. The number of ether oxygens (including phenoxy) is 1. The monoisotopic (exact) mass is 474 g/mol. The number of amides is 2. The van der Waals surface area contributed by atoms with Crippen molar-refractivity contribution in [2.24, 2.45) is 11.8 Å². The van der Waals surface area contributed by atoms with Gasteiger partial charge in [0.05, 0.1) is 13.2 Å². The molecule has 1 aromatic rings. The molecule has 192 valence electrons. The number of carbonyl (C=O) groups excluding carboxylic acids is 3. The molecule has 1 rings (SSSR count). The Morgan fingerprint density at radius 1 is 1.06 bits per heavy atom. The number of carbonyl (C=O) groups is 3. The minimum Gasteiger partial charge on any atom is -0.463 e. The first-order chi connectivity index (χ1) is 15.8. The summed E-state index contributed by atoms with van der Waals surface area (Å²) in [4.78, 5) is 38.7. The van der Waals surface area contributed by atoms with Crippen LogP contribution in [0.2, 0.25) is 0 Å². The van der Waals surface area contributed by atoms with Crippen LogP contribution in [0.1, 0.15) is 74.3 Å². The highest BCUT2D eigenvalue weighted by molar-refractivity contribution is 5.88. The second-order valence-corrected chi connectivity index (χ2v) is 9.81. The summed E-state index contributed by atoms with van der Waals surface area (Å²) in [6.07, 6.45) is 2.35. The highest BCUT2D eigenvalue weighted by Gasteiger charge is 2.35. The summed E-state index contributed by atoms with van der Waals surface area (Å²) < 4.78 is 4.96. The van der Waals surface area contributed by atoms with E-state index in [4.69, 9.17) is 4.74 Å². The van der Waals surface area contributed by atoms with E-state index in [0.717, 1.165) is 11.5 Å². The summed E-state index contributed by atoms with van der Waals surface area (Å²) in [6.45, 7) is 18.0. The molecule has 0 aromatic heterocycles. The van der Waals surface area contributed by atoms with Crippen LogP contribution in [-0.2, 0) is 24.5 Å². The number of nitrogens with one attached hydrogen (secondary N) is 1. The van der Waals surface area contributed by atoms with Gasteiger partial charge in [0.25, 0.3) is 0 Å². The zero-order valence-electron chi connectivity index (χ0n) is 22.9. The minimum absolute atomic E-state index is 0.0899. The number of likely N-dealkylation sites (N-methyl/N-ethyl adjacent to an activating group) is 1. The molecule has 1 N–H and O–H groups in total. The first-order valence-corrected chi connectivity index (χ1v) is 12.2. The van der Waals surface area contributed by atoms with Crippen LogP contribution in [0, 0.1) is 11.8 Å². The lowest BCUT2D eigenvalue weighted by Gasteiger charge is -2.33. The molecular weight excluding hydrogens is 428 g/mol. The number of hydrogen-bond acceptors (Lipinski definition) is 4. The number of rotatable bonds is 10. The molecule has 2 amide bonds. The fourth-order valence-corrected chi connectivity index (χ4v) is 3.52. The average Bonchev–Trinajstić information content (AvgIpc) is 2.77. The van der Waals surface area contributed by atoms with Gasteiger partial charge in [0, 0.05) is 30.0 Å². The van der Waals surface area contributed by atoms with E-state index in [0.29, 0.717) is 18.6 Å². The summed E-state index contributed by atoms with van der Waals surface area (Å²) in [5.74, 6) is -0.191. The third kappa shape index (κ3) is 10.5. The van der Waals surface area contributed by atoms with Crippen molar-refractivity contribution >= 4 is 17.8 Å². The van der Waals surface area contributed by atoms with Crippen LogP contribution in [-0.4, -0.2) is 48.9 Å². The predicted octanol–water partition coefficient (Wildman–Crippen LogP) is 5.13. The van der Waals surface area contributed by atoms with Gasteiger partial charge in [0.1, 0.15) is 0 Å². The second kappa shape index (κ2) is 15.3. The number of nitrogens with zero attached hydrogens (tertiary/aromatic N) is 1. The van der Waals surface area contributed by atoms with E-state index in [9.17, 15) is 14.4 Å².